The molecule has 3 rings (SSSR count). The highest BCUT2D eigenvalue weighted by atomic mass is 16.4. The van der Waals surface area contributed by atoms with Gasteiger partial charge in [-0.05, 0) is 12.1 Å². The van der Waals surface area contributed by atoms with Gasteiger partial charge in [0.2, 0.25) is 0 Å². The number of nitrogens with zero attached hydrogens (tertiary/aromatic N) is 1. The summed E-state index contributed by atoms with van der Waals surface area (Å²) in [6.07, 6.45) is 1.38. The van der Waals surface area contributed by atoms with Crippen molar-refractivity contribution in [2.24, 2.45) is 5.16 Å². The number of hydrogen-bond donors (Lipinski definition) is 1. The lowest BCUT2D eigenvalue weighted by Crippen LogP contribution is -1.80. The molecule has 78 valence electrons. The Morgan fingerprint density at radius 1 is 1.00 bits per heavy atom. The van der Waals surface area contributed by atoms with E-state index in [0.717, 1.165) is 27.5 Å². The Morgan fingerprint density at radius 3 is 2.69 bits per heavy atom. The minimum Gasteiger partial charge on any atom is -0.455 e. The van der Waals surface area contributed by atoms with Crippen LogP contribution in [0.4, 0.5) is 0 Å². The SMILES string of the molecule is O/N=C/c1cccc2c1oc1ccccc12. The Hall–Kier alpha value is -2.29. The van der Waals surface area contributed by atoms with Gasteiger partial charge < -0.3 is 9.62 Å². The lowest BCUT2D eigenvalue weighted by Gasteiger charge is -1.92. The summed E-state index contributed by atoms with van der Waals surface area (Å²) in [6.45, 7) is 0. The van der Waals surface area contributed by atoms with Crippen LogP contribution in [0.5, 0.6) is 0 Å². The Morgan fingerprint density at radius 2 is 1.81 bits per heavy atom. The summed E-state index contributed by atoms with van der Waals surface area (Å²) in [7, 11) is 0. The second-order valence-corrected chi connectivity index (χ2v) is 3.57. The highest BCUT2D eigenvalue weighted by Crippen LogP contribution is 2.29. The highest BCUT2D eigenvalue weighted by Gasteiger charge is 2.08. The lowest BCUT2D eigenvalue weighted by molar-refractivity contribution is 0.322. The molecule has 0 saturated heterocycles. The van der Waals surface area contributed by atoms with Crippen molar-refractivity contribution >= 4 is 28.2 Å². The Balaban J connectivity index is 2.48. The first-order chi connectivity index (χ1) is 7.90. The van der Waals surface area contributed by atoms with Gasteiger partial charge in [-0.1, -0.05) is 35.5 Å². The molecule has 0 aliphatic heterocycles. The van der Waals surface area contributed by atoms with Crippen molar-refractivity contribution < 1.29 is 9.62 Å². The molecule has 0 spiro atoms. The van der Waals surface area contributed by atoms with Crippen LogP contribution in [0.15, 0.2) is 52.0 Å². The van der Waals surface area contributed by atoms with Crippen molar-refractivity contribution in [2.75, 3.05) is 0 Å². The summed E-state index contributed by atoms with van der Waals surface area (Å²) in [5, 5.41) is 13.7. The van der Waals surface area contributed by atoms with Crippen molar-refractivity contribution in [3.05, 3.63) is 48.0 Å². The van der Waals surface area contributed by atoms with E-state index in [4.69, 9.17) is 9.62 Å². The summed E-state index contributed by atoms with van der Waals surface area (Å²) < 4.78 is 5.73. The zero-order chi connectivity index (χ0) is 11.0. The Bertz CT molecular complexity index is 683. The van der Waals surface area contributed by atoms with Crippen molar-refractivity contribution in [3.8, 4) is 0 Å². The normalized spacial score (nSPS) is 11.8. The van der Waals surface area contributed by atoms with E-state index in [9.17, 15) is 0 Å². The standard InChI is InChI=1S/C13H9NO2/c15-14-8-9-4-3-6-11-10-5-1-2-7-12(10)16-13(9)11/h1-8,15H/b14-8+. The minimum absolute atomic E-state index is 0.751. The van der Waals surface area contributed by atoms with Crippen LogP contribution in [-0.2, 0) is 0 Å². The molecule has 3 aromatic rings. The first kappa shape index (κ1) is 8.97. The summed E-state index contributed by atoms with van der Waals surface area (Å²) in [5.74, 6) is 0. The van der Waals surface area contributed by atoms with Gasteiger partial charge in [-0.2, -0.15) is 0 Å². The lowest BCUT2D eigenvalue weighted by atomic mass is 10.1. The molecule has 0 atom stereocenters. The fraction of sp³-hybridized carbons (Fsp3) is 0. The predicted octanol–water partition coefficient (Wildman–Crippen LogP) is 3.39. The molecule has 3 heteroatoms. The number of fused-ring (bicyclic) bond motifs is 3. The van der Waals surface area contributed by atoms with E-state index < -0.39 is 0 Å². The summed E-state index contributed by atoms with van der Waals surface area (Å²) in [5.41, 5.74) is 2.37. The maximum absolute atomic E-state index is 8.58. The molecule has 0 bridgehead atoms. The van der Waals surface area contributed by atoms with Crippen molar-refractivity contribution in [2.45, 2.75) is 0 Å². The first-order valence-electron chi connectivity index (χ1n) is 4.98. The van der Waals surface area contributed by atoms with E-state index in [2.05, 4.69) is 5.16 Å². The molecule has 3 nitrogen and oxygen atoms in total. The molecule has 16 heavy (non-hydrogen) atoms. The van der Waals surface area contributed by atoms with Crippen LogP contribution in [0.25, 0.3) is 21.9 Å². The molecule has 0 radical (unpaired) electrons. The molecule has 0 amide bonds. The zero-order valence-electron chi connectivity index (χ0n) is 8.42. The van der Waals surface area contributed by atoms with Crippen LogP contribution in [0.1, 0.15) is 5.56 Å². The number of oxime groups is 1. The smallest absolute Gasteiger partial charge is 0.144 e. The number of rotatable bonds is 1. The predicted molar refractivity (Wildman–Crippen MR) is 63.1 cm³/mol. The quantitative estimate of drug-likeness (QED) is 0.381. The topological polar surface area (TPSA) is 45.7 Å². The zero-order valence-corrected chi connectivity index (χ0v) is 8.42. The first-order valence-corrected chi connectivity index (χ1v) is 4.98. The highest BCUT2D eigenvalue weighted by molar-refractivity contribution is 6.09. The third kappa shape index (κ3) is 1.18. The van der Waals surface area contributed by atoms with Gasteiger partial charge in [0.15, 0.2) is 0 Å². The van der Waals surface area contributed by atoms with Gasteiger partial charge in [-0.3, -0.25) is 0 Å². The average molecular weight is 211 g/mol. The van der Waals surface area contributed by atoms with Crippen LogP contribution in [0, 0.1) is 0 Å². The molecular formula is C13H9NO2. The van der Waals surface area contributed by atoms with Gasteiger partial charge in [-0.25, -0.2) is 0 Å². The van der Waals surface area contributed by atoms with E-state index in [-0.39, 0.29) is 0 Å². The van der Waals surface area contributed by atoms with Crippen LogP contribution >= 0.6 is 0 Å². The second kappa shape index (κ2) is 3.38. The van der Waals surface area contributed by atoms with Gasteiger partial charge in [0.25, 0.3) is 0 Å². The minimum atomic E-state index is 0.751. The van der Waals surface area contributed by atoms with E-state index in [1.54, 1.807) is 0 Å². The van der Waals surface area contributed by atoms with Crippen molar-refractivity contribution in [3.63, 3.8) is 0 Å². The maximum Gasteiger partial charge on any atom is 0.144 e. The van der Waals surface area contributed by atoms with Crippen LogP contribution in [-0.4, -0.2) is 11.4 Å². The third-order valence-corrected chi connectivity index (χ3v) is 2.63. The van der Waals surface area contributed by atoms with Crippen molar-refractivity contribution in [1.82, 2.24) is 0 Å². The van der Waals surface area contributed by atoms with Gasteiger partial charge in [0.1, 0.15) is 11.2 Å². The van der Waals surface area contributed by atoms with Crippen LogP contribution in [0.2, 0.25) is 0 Å². The fourth-order valence-electron chi connectivity index (χ4n) is 1.93. The van der Waals surface area contributed by atoms with Gasteiger partial charge in [-0.15, -0.1) is 0 Å². The second-order valence-electron chi connectivity index (χ2n) is 3.57. The summed E-state index contributed by atoms with van der Waals surface area (Å²) in [6, 6.07) is 13.6. The van der Waals surface area contributed by atoms with E-state index in [1.807, 2.05) is 42.5 Å². The number of hydrogen-bond acceptors (Lipinski definition) is 3. The average Bonchev–Trinajstić information content (AvgIpc) is 2.69. The monoisotopic (exact) mass is 211 g/mol. The Kier molecular flexibility index (Phi) is 1.90. The fourth-order valence-corrected chi connectivity index (χ4v) is 1.93. The van der Waals surface area contributed by atoms with Gasteiger partial charge in [0.05, 0.1) is 6.21 Å². The molecule has 1 N–H and O–H groups in total. The maximum atomic E-state index is 8.58. The third-order valence-electron chi connectivity index (χ3n) is 2.63. The largest absolute Gasteiger partial charge is 0.455 e. The number of benzene rings is 2. The molecule has 0 saturated carbocycles. The van der Waals surface area contributed by atoms with Crippen LogP contribution in [0.3, 0.4) is 0 Å². The van der Waals surface area contributed by atoms with E-state index in [1.165, 1.54) is 6.21 Å². The number of furan rings is 1. The van der Waals surface area contributed by atoms with E-state index >= 15 is 0 Å². The molecule has 1 heterocycles. The molecule has 0 aliphatic rings. The Labute approximate surface area is 91.6 Å². The summed E-state index contributed by atoms with van der Waals surface area (Å²) in [4.78, 5) is 0. The molecule has 0 unspecified atom stereocenters. The van der Waals surface area contributed by atoms with E-state index in [0.29, 0.717) is 0 Å². The van der Waals surface area contributed by atoms with Gasteiger partial charge in [0, 0.05) is 16.3 Å². The molecule has 2 aromatic carbocycles. The number of para-hydroxylation sites is 2. The molecule has 0 fully saturated rings. The summed E-state index contributed by atoms with van der Waals surface area (Å²) >= 11 is 0. The molecule has 0 aliphatic carbocycles. The molecular weight excluding hydrogens is 202 g/mol. The molecule has 1 aromatic heterocycles. The van der Waals surface area contributed by atoms with Gasteiger partial charge >= 0.3 is 0 Å². The van der Waals surface area contributed by atoms with Crippen molar-refractivity contribution in [1.29, 1.82) is 0 Å². The van der Waals surface area contributed by atoms with Crippen LogP contribution < -0.4 is 0 Å².